The molecule has 0 bridgehead atoms. The first-order chi connectivity index (χ1) is 8.13. The van der Waals surface area contributed by atoms with Crippen molar-refractivity contribution in [3.8, 4) is 0 Å². The van der Waals surface area contributed by atoms with E-state index in [2.05, 4.69) is 27.4 Å². The number of amides is 1. The molecule has 0 aromatic carbocycles. The SMILES string of the molecule is C=CCNC(=O)CSc1nnnn1CC(=O)O. The van der Waals surface area contributed by atoms with Crippen LogP contribution in [0.1, 0.15) is 0 Å². The zero-order valence-electron chi connectivity index (χ0n) is 8.87. The summed E-state index contributed by atoms with van der Waals surface area (Å²) in [5.41, 5.74) is 0. The Hall–Kier alpha value is -1.90. The van der Waals surface area contributed by atoms with E-state index in [1.165, 1.54) is 0 Å². The Morgan fingerprint density at radius 3 is 3.00 bits per heavy atom. The van der Waals surface area contributed by atoms with Crippen molar-refractivity contribution in [1.29, 1.82) is 0 Å². The van der Waals surface area contributed by atoms with Gasteiger partial charge in [-0.05, 0) is 10.4 Å². The molecule has 0 aliphatic carbocycles. The summed E-state index contributed by atoms with van der Waals surface area (Å²) >= 11 is 1.07. The van der Waals surface area contributed by atoms with Gasteiger partial charge in [0.2, 0.25) is 11.1 Å². The monoisotopic (exact) mass is 257 g/mol. The molecule has 17 heavy (non-hydrogen) atoms. The second kappa shape index (κ2) is 6.63. The molecule has 1 rings (SSSR count). The van der Waals surface area contributed by atoms with Gasteiger partial charge in [-0.3, -0.25) is 9.59 Å². The number of carboxylic acids is 1. The predicted molar refractivity (Wildman–Crippen MR) is 59.4 cm³/mol. The lowest BCUT2D eigenvalue weighted by Gasteiger charge is -2.02. The molecule has 0 atom stereocenters. The first kappa shape index (κ1) is 13.2. The summed E-state index contributed by atoms with van der Waals surface area (Å²) in [5, 5.41) is 21.9. The van der Waals surface area contributed by atoms with Gasteiger partial charge in [0.25, 0.3) is 0 Å². The average molecular weight is 257 g/mol. The van der Waals surface area contributed by atoms with Gasteiger partial charge in [0.1, 0.15) is 6.54 Å². The first-order valence-electron chi connectivity index (χ1n) is 4.62. The van der Waals surface area contributed by atoms with Crippen molar-refractivity contribution in [1.82, 2.24) is 25.5 Å². The molecule has 2 N–H and O–H groups in total. The van der Waals surface area contributed by atoms with Crippen LogP contribution in [-0.4, -0.2) is 49.5 Å². The molecule has 0 radical (unpaired) electrons. The van der Waals surface area contributed by atoms with Gasteiger partial charge in [0.05, 0.1) is 5.75 Å². The first-order valence-corrected chi connectivity index (χ1v) is 5.60. The van der Waals surface area contributed by atoms with E-state index in [1.54, 1.807) is 6.08 Å². The van der Waals surface area contributed by atoms with Gasteiger partial charge < -0.3 is 10.4 Å². The Morgan fingerprint density at radius 1 is 1.59 bits per heavy atom. The number of thioether (sulfide) groups is 1. The largest absolute Gasteiger partial charge is 0.480 e. The Bertz CT molecular complexity index is 419. The van der Waals surface area contributed by atoms with Crippen LogP contribution >= 0.6 is 11.8 Å². The summed E-state index contributed by atoms with van der Waals surface area (Å²) in [4.78, 5) is 21.7. The summed E-state index contributed by atoms with van der Waals surface area (Å²) in [6, 6.07) is 0. The molecular formula is C8H11N5O3S. The van der Waals surface area contributed by atoms with Crippen LogP contribution in [-0.2, 0) is 16.1 Å². The van der Waals surface area contributed by atoms with Gasteiger partial charge >= 0.3 is 5.97 Å². The maximum absolute atomic E-state index is 11.3. The minimum absolute atomic E-state index is 0.119. The number of nitrogens with one attached hydrogen (secondary N) is 1. The molecule has 92 valence electrons. The fourth-order valence-corrected chi connectivity index (χ4v) is 1.60. The Balaban J connectivity index is 2.46. The van der Waals surface area contributed by atoms with Crippen LogP contribution in [0.25, 0.3) is 0 Å². The minimum Gasteiger partial charge on any atom is -0.480 e. The van der Waals surface area contributed by atoms with Gasteiger partial charge in [-0.15, -0.1) is 11.7 Å². The van der Waals surface area contributed by atoms with E-state index in [9.17, 15) is 9.59 Å². The number of carboxylic acid groups (broad SMARTS) is 1. The van der Waals surface area contributed by atoms with Crippen molar-refractivity contribution >= 4 is 23.6 Å². The van der Waals surface area contributed by atoms with Crippen molar-refractivity contribution < 1.29 is 14.7 Å². The average Bonchev–Trinajstić information content (AvgIpc) is 2.70. The number of carbonyl (C=O) groups excluding carboxylic acids is 1. The lowest BCUT2D eigenvalue weighted by Crippen LogP contribution is -2.25. The van der Waals surface area contributed by atoms with Crippen molar-refractivity contribution in [2.24, 2.45) is 0 Å². The van der Waals surface area contributed by atoms with Crippen molar-refractivity contribution in [3.63, 3.8) is 0 Å². The van der Waals surface area contributed by atoms with E-state index in [1.807, 2.05) is 0 Å². The van der Waals surface area contributed by atoms with Crippen LogP contribution in [0.2, 0.25) is 0 Å². The molecule has 0 saturated carbocycles. The molecule has 1 aromatic rings. The Morgan fingerprint density at radius 2 is 2.35 bits per heavy atom. The van der Waals surface area contributed by atoms with Crippen molar-refractivity contribution in [3.05, 3.63) is 12.7 Å². The number of rotatable bonds is 7. The molecule has 1 amide bonds. The van der Waals surface area contributed by atoms with Crippen LogP contribution in [0.3, 0.4) is 0 Å². The number of hydrogen-bond donors (Lipinski definition) is 2. The van der Waals surface area contributed by atoms with Gasteiger partial charge in [0.15, 0.2) is 0 Å². The third-order valence-electron chi connectivity index (χ3n) is 1.56. The van der Waals surface area contributed by atoms with Crippen LogP contribution < -0.4 is 5.32 Å². The number of carbonyl (C=O) groups is 2. The van der Waals surface area contributed by atoms with Gasteiger partial charge in [-0.25, -0.2) is 4.68 Å². The maximum atomic E-state index is 11.3. The lowest BCUT2D eigenvalue weighted by atomic mass is 10.6. The smallest absolute Gasteiger partial charge is 0.325 e. The Labute approximate surface area is 101 Å². The maximum Gasteiger partial charge on any atom is 0.325 e. The van der Waals surface area contributed by atoms with E-state index >= 15 is 0 Å². The van der Waals surface area contributed by atoms with E-state index < -0.39 is 5.97 Å². The fraction of sp³-hybridized carbons (Fsp3) is 0.375. The van der Waals surface area contributed by atoms with Crippen LogP contribution in [0.15, 0.2) is 17.8 Å². The molecular weight excluding hydrogens is 246 g/mol. The van der Waals surface area contributed by atoms with E-state index in [4.69, 9.17) is 5.11 Å². The minimum atomic E-state index is -1.05. The summed E-state index contributed by atoms with van der Waals surface area (Å²) in [7, 11) is 0. The molecule has 0 fully saturated rings. The highest BCUT2D eigenvalue weighted by atomic mass is 32.2. The number of aliphatic carboxylic acids is 1. The third kappa shape index (κ3) is 4.64. The third-order valence-corrected chi connectivity index (χ3v) is 2.52. The molecule has 0 aliphatic rings. The number of nitrogens with zero attached hydrogens (tertiary/aromatic N) is 4. The molecule has 9 heteroatoms. The predicted octanol–water partition coefficient (Wildman–Crippen LogP) is -0.848. The lowest BCUT2D eigenvalue weighted by molar-refractivity contribution is -0.138. The van der Waals surface area contributed by atoms with Crippen molar-refractivity contribution in [2.75, 3.05) is 12.3 Å². The highest BCUT2D eigenvalue weighted by Crippen LogP contribution is 2.12. The molecule has 1 heterocycles. The highest BCUT2D eigenvalue weighted by molar-refractivity contribution is 7.99. The molecule has 0 aliphatic heterocycles. The molecule has 0 unspecified atom stereocenters. The molecule has 8 nitrogen and oxygen atoms in total. The molecule has 0 spiro atoms. The zero-order chi connectivity index (χ0) is 12.7. The number of tetrazole rings is 1. The second-order valence-corrected chi connectivity index (χ2v) is 3.84. The van der Waals surface area contributed by atoms with Crippen LogP contribution in [0.5, 0.6) is 0 Å². The van der Waals surface area contributed by atoms with E-state index in [0.717, 1.165) is 16.4 Å². The zero-order valence-corrected chi connectivity index (χ0v) is 9.68. The second-order valence-electron chi connectivity index (χ2n) is 2.89. The molecule has 1 aromatic heterocycles. The standard InChI is InChI=1S/C8H11N5O3S/c1-2-3-9-6(14)5-17-8-10-11-12-13(8)4-7(15)16/h2H,1,3-5H2,(H,9,14)(H,15,16). The normalized spacial score (nSPS) is 9.88. The van der Waals surface area contributed by atoms with E-state index in [-0.39, 0.29) is 18.2 Å². The highest BCUT2D eigenvalue weighted by Gasteiger charge is 2.11. The van der Waals surface area contributed by atoms with Crippen LogP contribution in [0, 0.1) is 0 Å². The number of hydrogen-bond acceptors (Lipinski definition) is 6. The molecule has 0 saturated heterocycles. The number of aromatic nitrogens is 4. The summed E-state index contributed by atoms with van der Waals surface area (Å²) in [6.45, 7) is 3.52. The summed E-state index contributed by atoms with van der Waals surface area (Å²) < 4.78 is 1.12. The Kier molecular flexibility index (Phi) is 5.14. The van der Waals surface area contributed by atoms with Gasteiger partial charge in [-0.2, -0.15) is 0 Å². The fourth-order valence-electron chi connectivity index (χ4n) is 0.894. The van der Waals surface area contributed by atoms with Gasteiger partial charge in [0, 0.05) is 6.54 Å². The quantitative estimate of drug-likeness (QED) is 0.483. The summed E-state index contributed by atoms with van der Waals surface area (Å²) in [5.74, 6) is -1.12. The van der Waals surface area contributed by atoms with Crippen LogP contribution in [0.4, 0.5) is 0 Å². The van der Waals surface area contributed by atoms with Gasteiger partial charge in [-0.1, -0.05) is 17.8 Å². The van der Waals surface area contributed by atoms with E-state index in [0.29, 0.717) is 11.7 Å². The summed E-state index contributed by atoms with van der Waals surface area (Å²) in [6.07, 6.45) is 1.57. The topological polar surface area (TPSA) is 110 Å². The van der Waals surface area contributed by atoms with Crippen molar-refractivity contribution in [2.45, 2.75) is 11.7 Å².